The summed E-state index contributed by atoms with van der Waals surface area (Å²) in [5, 5.41) is 11.2. The van der Waals surface area contributed by atoms with Crippen LogP contribution >= 0.6 is 141 Å². The smallest absolute Gasteiger partial charge is 0.258 e. The molecule has 0 radical (unpaired) electrons. The summed E-state index contributed by atoms with van der Waals surface area (Å²) in [6.07, 6.45) is 8.22. The summed E-state index contributed by atoms with van der Waals surface area (Å²) in [5.41, 5.74) is 0. The van der Waals surface area contributed by atoms with Crippen molar-refractivity contribution in [2.24, 2.45) is 0 Å². The summed E-state index contributed by atoms with van der Waals surface area (Å²) >= 11 is 19.6. The fraction of sp³-hybridized carbons (Fsp3) is 0.222. The Morgan fingerprint density at radius 3 is 1.27 bits per heavy atom. The molecule has 0 fully saturated rings. The molecule has 0 atom stereocenters. The number of fused-ring (bicyclic) bond motifs is 2. The molecule has 3 aromatic rings. The Kier molecular flexibility index (Phi) is 16.8. The van der Waals surface area contributed by atoms with Crippen molar-refractivity contribution in [1.82, 2.24) is 20.1 Å². The van der Waals surface area contributed by atoms with E-state index >= 15 is 0 Å². The maximum absolute atomic E-state index is 13.7. The van der Waals surface area contributed by atoms with Crippen LogP contribution in [-0.2, 0) is 29.6 Å². The normalized spacial score (nSPS) is 17.5. The number of hydrogen-bond acceptors (Lipinski definition) is 18. The van der Waals surface area contributed by atoms with E-state index in [-0.39, 0.29) is 47.8 Å². The second-order valence-electron chi connectivity index (χ2n) is 12.0. The van der Waals surface area contributed by atoms with E-state index in [4.69, 9.17) is 0 Å². The fourth-order valence-corrected chi connectivity index (χ4v) is 23.1. The number of rotatable bonds is 16. The molecule has 24 heteroatoms. The van der Waals surface area contributed by atoms with Crippen molar-refractivity contribution in [3.63, 3.8) is 0 Å². The lowest BCUT2D eigenvalue weighted by molar-refractivity contribution is -0.117. The van der Waals surface area contributed by atoms with Crippen molar-refractivity contribution >= 4 is 195 Å². The van der Waals surface area contributed by atoms with Crippen molar-refractivity contribution in [1.29, 1.82) is 0 Å². The highest BCUT2D eigenvalue weighted by atomic mass is 32.3. The van der Waals surface area contributed by atoms with Gasteiger partial charge >= 0.3 is 0 Å². The highest BCUT2D eigenvalue weighted by Gasteiger charge is 2.30. The monoisotopic (exact) mass is 1070 g/mol. The third kappa shape index (κ3) is 11.0. The number of carbonyl (C=O) groups is 2. The van der Waals surface area contributed by atoms with Gasteiger partial charge in [-0.2, -0.15) is 0 Å². The summed E-state index contributed by atoms with van der Waals surface area (Å²) in [5.74, 6) is -0.553. The van der Waals surface area contributed by atoms with E-state index in [1.807, 2.05) is 10.8 Å². The molecule has 4 aliphatic heterocycles. The zero-order valence-corrected chi connectivity index (χ0v) is 43.2. The van der Waals surface area contributed by atoms with Crippen molar-refractivity contribution in [2.75, 3.05) is 51.2 Å². The van der Waals surface area contributed by atoms with Crippen LogP contribution in [0.2, 0.25) is 0 Å². The second kappa shape index (κ2) is 21.3. The summed E-state index contributed by atoms with van der Waals surface area (Å²) in [4.78, 5) is 27.0. The average molecular weight is 1070 g/mol. The maximum atomic E-state index is 13.7. The molecule has 0 saturated heterocycles. The topological polar surface area (TPSA) is 151 Å². The van der Waals surface area contributed by atoms with Gasteiger partial charge in [-0.1, -0.05) is 118 Å². The Bertz CT molecular complexity index is 2480. The van der Waals surface area contributed by atoms with Crippen LogP contribution in [0.25, 0.3) is 21.5 Å². The minimum atomic E-state index is -4.07. The third-order valence-corrected chi connectivity index (χ3v) is 27.6. The first-order valence-corrected chi connectivity index (χ1v) is 31.8. The van der Waals surface area contributed by atoms with E-state index in [0.29, 0.717) is 31.4 Å². The predicted octanol–water partition coefficient (Wildman–Crippen LogP) is 10.3. The van der Waals surface area contributed by atoms with E-state index in [0.717, 1.165) is 16.9 Å². The van der Waals surface area contributed by atoms with Crippen LogP contribution in [0.4, 0.5) is 0 Å². The molecule has 0 spiro atoms. The van der Waals surface area contributed by atoms with Gasteiger partial charge in [-0.3, -0.25) is 9.59 Å². The summed E-state index contributed by atoms with van der Waals surface area (Å²) in [6.45, 7) is 0.0240. The number of nitrogens with one attached hydrogen (secondary N) is 4. The second-order valence-corrected chi connectivity index (χ2v) is 28.8. The lowest BCUT2D eigenvalue weighted by Gasteiger charge is -2.14. The van der Waals surface area contributed by atoms with Crippen molar-refractivity contribution in [2.45, 2.75) is 9.79 Å². The first-order valence-electron chi connectivity index (χ1n) is 17.3. The highest BCUT2D eigenvalue weighted by molar-refractivity contribution is 8.43. The van der Waals surface area contributed by atoms with Gasteiger partial charge in [-0.15, -0.1) is 47.0 Å². The molecule has 4 aliphatic rings. The standard InChI is InChI=1S/C36H34N4O6S14/c1-47-29-30(48-2)56-35(55-29)33-51-17-23(53-33)27(41)37-11-13-39-59(43,44)25-9-5-7-19-15-20-8-6-10-26(22(20)16-21(19)25)60(45,46)40-14-12-38-28(42)24-18-52-34(54-24)36-57-31(49-3)32(50-4)58-36/h5-10,15-18,39-40H,11-14H2,1-4H3,(H,37,41)(H,38,42). The molecular weight excluding hydrogens is 1030 g/mol. The number of sulfonamides is 2. The van der Waals surface area contributed by atoms with Gasteiger partial charge in [0.25, 0.3) is 11.8 Å². The molecule has 60 heavy (non-hydrogen) atoms. The molecular formula is C36H34N4O6S14. The van der Waals surface area contributed by atoms with Crippen molar-refractivity contribution < 1.29 is 26.4 Å². The largest absolute Gasteiger partial charge is 0.350 e. The van der Waals surface area contributed by atoms with Gasteiger partial charge < -0.3 is 10.6 Å². The zero-order valence-electron chi connectivity index (χ0n) is 31.8. The molecule has 4 heterocycles. The predicted molar refractivity (Wildman–Crippen MR) is 277 cm³/mol. The first kappa shape index (κ1) is 47.5. The molecule has 318 valence electrons. The van der Waals surface area contributed by atoms with Gasteiger partial charge in [-0.25, -0.2) is 26.3 Å². The Morgan fingerprint density at radius 2 is 0.900 bits per heavy atom. The van der Waals surface area contributed by atoms with Gasteiger partial charge in [0, 0.05) is 37.0 Å². The average Bonchev–Trinajstić information content (AvgIpc) is 4.08. The van der Waals surface area contributed by atoms with Gasteiger partial charge in [0.05, 0.1) is 53.5 Å². The highest BCUT2D eigenvalue weighted by Crippen LogP contribution is 2.63. The van der Waals surface area contributed by atoms with Gasteiger partial charge in [0.1, 0.15) is 0 Å². The number of thioether (sulfide) groups is 12. The van der Waals surface area contributed by atoms with E-state index in [2.05, 4.69) is 45.1 Å². The van der Waals surface area contributed by atoms with Crippen molar-refractivity contribution in [3.8, 4) is 0 Å². The number of benzene rings is 3. The molecule has 3 aromatic carbocycles. The lowest BCUT2D eigenvalue weighted by Crippen LogP contribution is -2.35. The van der Waals surface area contributed by atoms with Crippen LogP contribution in [-0.4, -0.2) is 79.9 Å². The maximum Gasteiger partial charge on any atom is 0.258 e. The molecule has 0 aromatic heterocycles. The molecule has 0 saturated carbocycles. The minimum Gasteiger partial charge on any atom is -0.350 e. The number of carbonyl (C=O) groups excluding carboxylic acids is 2. The SMILES string of the molecule is CSC1=C(SC)SC(=C2SC=C(C(=O)NCCNS(=O)(=O)c3cccc4cc5cccc(S(=O)(=O)NCCNC(=O)C6=CSC(=C7SC(SC)=C(SC)S7)S6)c5cc34)S2)S1. The molecule has 0 aliphatic carbocycles. The fourth-order valence-electron chi connectivity index (χ4n) is 5.62. The van der Waals surface area contributed by atoms with E-state index in [1.54, 1.807) is 130 Å². The number of hydrogen-bond donors (Lipinski definition) is 4. The van der Waals surface area contributed by atoms with E-state index < -0.39 is 20.0 Å². The molecule has 0 unspecified atom stereocenters. The van der Waals surface area contributed by atoms with E-state index in [9.17, 15) is 26.4 Å². The third-order valence-electron chi connectivity index (χ3n) is 8.33. The van der Waals surface area contributed by atoms with Crippen LogP contribution in [0.3, 0.4) is 0 Å². The zero-order chi connectivity index (χ0) is 42.6. The quantitative estimate of drug-likeness (QED) is 0.0795. The Labute approximate surface area is 400 Å². The summed E-state index contributed by atoms with van der Waals surface area (Å²) in [7, 11) is -8.15. The van der Waals surface area contributed by atoms with Crippen molar-refractivity contribution in [3.05, 3.63) is 103 Å². The first-order chi connectivity index (χ1) is 28.8. The Balaban J connectivity index is 0.948. The molecule has 2 amide bonds. The minimum absolute atomic E-state index is 0.0148. The van der Waals surface area contributed by atoms with Gasteiger partial charge in [0.2, 0.25) is 20.0 Å². The van der Waals surface area contributed by atoms with Crippen LogP contribution in [0.1, 0.15) is 0 Å². The Morgan fingerprint density at radius 1 is 0.517 bits per heavy atom. The summed E-state index contributed by atoms with van der Waals surface area (Å²) in [6, 6.07) is 13.1. The molecule has 4 N–H and O–H groups in total. The Hall–Kier alpha value is -0.420. The van der Waals surface area contributed by atoms with Gasteiger partial charge in [0.15, 0.2) is 0 Å². The number of amides is 2. The van der Waals surface area contributed by atoms with Crippen LogP contribution in [0.15, 0.2) is 113 Å². The molecule has 7 rings (SSSR count). The van der Waals surface area contributed by atoms with Gasteiger partial charge in [-0.05, 0) is 70.9 Å². The molecule has 10 nitrogen and oxygen atoms in total. The van der Waals surface area contributed by atoms with Crippen LogP contribution < -0.4 is 20.1 Å². The van der Waals surface area contributed by atoms with E-state index in [1.165, 1.54) is 76.1 Å². The lowest BCUT2D eigenvalue weighted by atomic mass is 10.0. The van der Waals surface area contributed by atoms with Crippen LogP contribution in [0.5, 0.6) is 0 Å². The molecule has 0 bridgehead atoms. The van der Waals surface area contributed by atoms with Crippen LogP contribution in [0, 0.1) is 0 Å². The summed E-state index contributed by atoms with van der Waals surface area (Å²) < 4.78 is 69.3.